The monoisotopic (exact) mass is 466 g/mol. The summed E-state index contributed by atoms with van der Waals surface area (Å²) < 4.78 is 13.1. The maximum absolute atomic E-state index is 12.8. The molecule has 1 fully saturated rings. The molecule has 1 aliphatic rings. The van der Waals surface area contributed by atoms with Crippen molar-refractivity contribution >= 4 is 17.7 Å². The van der Waals surface area contributed by atoms with Crippen LogP contribution in [0.3, 0.4) is 0 Å². The number of para-hydroxylation sites is 1. The Morgan fingerprint density at radius 3 is 2.45 bits per heavy atom. The van der Waals surface area contributed by atoms with Gasteiger partial charge >= 0.3 is 0 Å². The van der Waals surface area contributed by atoms with Crippen molar-refractivity contribution < 1.29 is 14.3 Å². The molecule has 1 saturated carbocycles. The summed E-state index contributed by atoms with van der Waals surface area (Å²) in [6.45, 7) is 2.16. The highest BCUT2D eigenvalue weighted by molar-refractivity contribution is 8.00. The van der Waals surface area contributed by atoms with Crippen molar-refractivity contribution in [3.63, 3.8) is 0 Å². The molecule has 1 heterocycles. The SMILES string of the molecule is COc1ccc(OCc2nnc(SC(C)C(=O)NC3CCCCC3)n2-c2ccccc2)cc1. The Kier molecular flexibility index (Phi) is 7.88. The Balaban J connectivity index is 1.48. The number of hydrogen-bond donors (Lipinski definition) is 1. The minimum Gasteiger partial charge on any atom is -0.497 e. The third kappa shape index (κ3) is 6.07. The van der Waals surface area contributed by atoms with Crippen LogP contribution in [0, 0.1) is 0 Å². The molecule has 1 aliphatic carbocycles. The minimum atomic E-state index is -0.283. The maximum atomic E-state index is 12.8. The van der Waals surface area contributed by atoms with E-state index in [9.17, 15) is 4.79 Å². The van der Waals surface area contributed by atoms with Crippen LogP contribution < -0.4 is 14.8 Å². The number of nitrogens with zero attached hydrogens (tertiary/aromatic N) is 3. The number of thioether (sulfide) groups is 1. The van der Waals surface area contributed by atoms with E-state index < -0.39 is 0 Å². The summed E-state index contributed by atoms with van der Waals surface area (Å²) in [4.78, 5) is 12.8. The van der Waals surface area contributed by atoms with Crippen molar-refractivity contribution in [2.45, 2.75) is 62.1 Å². The van der Waals surface area contributed by atoms with Crippen molar-refractivity contribution in [2.75, 3.05) is 7.11 Å². The van der Waals surface area contributed by atoms with Gasteiger partial charge in [-0.2, -0.15) is 0 Å². The van der Waals surface area contributed by atoms with Crippen LogP contribution in [0.4, 0.5) is 0 Å². The predicted octanol–water partition coefficient (Wildman–Crippen LogP) is 4.78. The van der Waals surface area contributed by atoms with Crippen LogP contribution in [0.5, 0.6) is 11.5 Å². The zero-order valence-corrected chi connectivity index (χ0v) is 19.9. The second kappa shape index (κ2) is 11.2. The van der Waals surface area contributed by atoms with Crippen LogP contribution in [-0.2, 0) is 11.4 Å². The lowest BCUT2D eigenvalue weighted by atomic mass is 9.95. The fourth-order valence-corrected chi connectivity index (χ4v) is 4.80. The average Bonchev–Trinajstić information content (AvgIpc) is 3.26. The van der Waals surface area contributed by atoms with Crippen molar-refractivity contribution in [2.24, 2.45) is 0 Å². The van der Waals surface area contributed by atoms with E-state index in [1.54, 1.807) is 7.11 Å². The molecule has 33 heavy (non-hydrogen) atoms. The first-order valence-corrected chi connectivity index (χ1v) is 12.3. The second-order valence-corrected chi connectivity index (χ2v) is 9.45. The van der Waals surface area contributed by atoms with Crippen molar-refractivity contribution in [1.82, 2.24) is 20.1 Å². The van der Waals surface area contributed by atoms with E-state index in [1.165, 1.54) is 31.0 Å². The molecule has 0 saturated heterocycles. The van der Waals surface area contributed by atoms with Crippen LogP contribution in [0.25, 0.3) is 5.69 Å². The molecular formula is C25H30N4O3S. The Hall–Kier alpha value is -3.00. The fraction of sp³-hybridized carbons (Fsp3) is 0.400. The smallest absolute Gasteiger partial charge is 0.233 e. The summed E-state index contributed by atoms with van der Waals surface area (Å²) in [5.41, 5.74) is 0.929. The van der Waals surface area contributed by atoms with Gasteiger partial charge in [0.15, 0.2) is 11.0 Å². The largest absolute Gasteiger partial charge is 0.497 e. The number of nitrogens with one attached hydrogen (secondary N) is 1. The molecule has 1 amide bonds. The summed E-state index contributed by atoms with van der Waals surface area (Å²) in [7, 11) is 1.63. The third-order valence-corrected chi connectivity index (χ3v) is 6.79. The molecule has 1 N–H and O–H groups in total. The summed E-state index contributed by atoms with van der Waals surface area (Å²) in [6.07, 6.45) is 5.77. The zero-order valence-electron chi connectivity index (χ0n) is 19.1. The minimum absolute atomic E-state index is 0.0468. The molecule has 2 aromatic carbocycles. The van der Waals surface area contributed by atoms with E-state index in [-0.39, 0.29) is 23.8 Å². The van der Waals surface area contributed by atoms with Gasteiger partial charge in [0.25, 0.3) is 0 Å². The lowest BCUT2D eigenvalue weighted by Gasteiger charge is -2.24. The predicted molar refractivity (Wildman–Crippen MR) is 129 cm³/mol. The van der Waals surface area contributed by atoms with Gasteiger partial charge < -0.3 is 14.8 Å². The van der Waals surface area contributed by atoms with Gasteiger partial charge in [0.2, 0.25) is 5.91 Å². The first-order valence-electron chi connectivity index (χ1n) is 11.4. The van der Waals surface area contributed by atoms with Gasteiger partial charge in [-0.05, 0) is 56.2 Å². The Bertz CT molecular complexity index is 1030. The van der Waals surface area contributed by atoms with Gasteiger partial charge in [0, 0.05) is 11.7 Å². The van der Waals surface area contributed by atoms with Crippen LogP contribution in [0.15, 0.2) is 59.8 Å². The second-order valence-electron chi connectivity index (χ2n) is 8.14. The van der Waals surface area contributed by atoms with E-state index in [2.05, 4.69) is 15.5 Å². The van der Waals surface area contributed by atoms with Crippen LogP contribution >= 0.6 is 11.8 Å². The van der Waals surface area contributed by atoms with Crippen LogP contribution in [0.1, 0.15) is 44.9 Å². The quantitative estimate of drug-likeness (QED) is 0.457. The third-order valence-electron chi connectivity index (χ3n) is 5.75. The number of carbonyl (C=O) groups excluding carboxylic acids is 1. The van der Waals surface area contributed by atoms with Gasteiger partial charge in [-0.1, -0.05) is 49.2 Å². The van der Waals surface area contributed by atoms with Gasteiger partial charge in [-0.3, -0.25) is 9.36 Å². The molecule has 8 heteroatoms. The Morgan fingerprint density at radius 1 is 1.06 bits per heavy atom. The summed E-state index contributed by atoms with van der Waals surface area (Å²) in [6, 6.07) is 17.6. The number of ether oxygens (including phenoxy) is 2. The topological polar surface area (TPSA) is 78.3 Å². The Labute approximate surface area is 198 Å². The molecule has 0 radical (unpaired) electrons. The molecule has 1 aromatic heterocycles. The van der Waals surface area contributed by atoms with Crippen molar-refractivity contribution in [3.05, 3.63) is 60.4 Å². The van der Waals surface area contributed by atoms with Crippen LogP contribution in [-0.4, -0.2) is 39.1 Å². The first-order chi connectivity index (χ1) is 16.1. The van der Waals surface area contributed by atoms with Crippen LogP contribution in [0.2, 0.25) is 0 Å². The van der Waals surface area contributed by atoms with Gasteiger partial charge in [-0.15, -0.1) is 10.2 Å². The number of benzene rings is 2. The number of hydrogen-bond acceptors (Lipinski definition) is 6. The fourth-order valence-electron chi connectivity index (χ4n) is 3.90. The highest BCUT2D eigenvalue weighted by Crippen LogP contribution is 2.27. The van der Waals surface area contributed by atoms with Gasteiger partial charge in [0.1, 0.15) is 18.1 Å². The highest BCUT2D eigenvalue weighted by atomic mass is 32.2. The van der Waals surface area contributed by atoms with Gasteiger partial charge in [-0.25, -0.2) is 0 Å². The Morgan fingerprint density at radius 2 is 1.76 bits per heavy atom. The lowest BCUT2D eigenvalue weighted by molar-refractivity contribution is -0.121. The molecular weight excluding hydrogens is 436 g/mol. The summed E-state index contributed by atoms with van der Waals surface area (Å²) in [5.74, 6) is 2.20. The van der Waals surface area contributed by atoms with Gasteiger partial charge in [0.05, 0.1) is 12.4 Å². The number of rotatable bonds is 9. The van der Waals surface area contributed by atoms with E-state index in [1.807, 2.05) is 66.1 Å². The van der Waals surface area contributed by atoms with Crippen molar-refractivity contribution in [3.8, 4) is 17.2 Å². The first kappa shape index (κ1) is 23.2. The number of carbonyl (C=O) groups is 1. The molecule has 4 rings (SSSR count). The number of aromatic nitrogens is 3. The molecule has 174 valence electrons. The normalized spacial score (nSPS) is 15.1. The van der Waals surface area contributed by atoms with E-state index in [0.717, 1.165) is 24.3 Å². The molecule has 0 spiro atoms. The number of amides is 1. The molecule has 1 unspecified atom stereocenters. The maximum Gasteiger partial charge on any atom is 0.233 e. The van der Waals surface area contributed by atoms with Crippen molar-refractivity contribution in [1.29, 1.82) is 0 Å². The lowest BCUT2D eigenvalue weighted by Crippen LogP contribution is -2.40. The zero-order chi connectivity index (χ0) is 23.0. The van der Waals surface area contributed by atoms with E-state index in [4.69, 9.17) is 9.47 Å². The average molecular weight is 467 g/mol. The summed E-state index contributed by atoms with van der Waals surface area (Å²) >= 11 is 1.41. The van der Waals surface area contributed by atoms with E-state index >= 15 is 0 Å². The summed E-state index contributed by atoms with van der Waals surface area (Å²) in [5, 5.41) is 12.4. The molecule has 0 bridgehead atoms. The highest BCUT2D eigenvalue weighted by Gasteiger charge is 2.24. The molecule has 7 nitrogen and oxygen atoms in total. The number of methoxy groups -OCH3 is 1. The molecule has 0 aliphatic heterocycles. The molecule has 1 atom stereocenters. The van der Waals surface area contributed by atoms with E-state index in [0.29, 0.717) is 16.7 Å². The molecule has 3 aromatic rings. The standard InChI is InChI=1S/C25H30N4O3S/c1-18(24(30)26-19-9-5-3-6-10-19)33-25-28-27-23(29(25)20-11-7-4-8-12-20)17-32-22-15-13-21(31-2)14-16-22/h4,7-8,11-16,18-19H,3,5-6,9-10,17H2,1-2H3,(H,26,30).